The van der Waals surface area contributed by atoms with Crippen LogP contribution < -0.4 is 40.4 Å². The average molecular weight is 444 g/mol. The summed E-state index contributed by atoms with van der Waals surface area (Å²) in [4.78, 5) is 10.2. The first-order valence-corrected chi connectivity index (χ1v) is 12.3. The van der Waals surface area contributed by atoms with E-state index in [-0.39, 0.29) is 42.5 Å². The SMILES string of the molecule is CC(CN)S(=O)(=O)O.CCCCCCCCC=CCCCCCCCC(=O)[O-].[Na+]. The van der Waals surface area contributed by atoms with Crippen LogP contribution in [0, 0.1) is 0 Å². The minimum absolute atomic E-state index is 0. The van der Waals surface area contributed by atoms with Crippen LogP contribution in [0.3, 0.4) is 0 Å². The van der Waals surface area contributed by atoms with E-state index >= 15 is 0 Å². The molecule has 0 fully saturated rings. The topological polar surface area (TPSA) is 121 Å². The second-order valence-corrected chi connectivity index (χ2v) is 9.10. The van der Waals surface area contributed by atoms with Gasteiger partial charge in [0.05, 0.1) is 5.25 Å². The molecule has 1 atom stereocenters. The summed E-state index contributed by atoms with van der Waals surface area (Å²) >= 11 is 0. The van der Waals surface area contributed by atoms with Crippen molar-refractivity contribution >= 4 is 16.1 Å². The first kappa shape index (κ1) is 33.7. The van der Waals surface area contributed by atoms with Crippen LogP contribution in [0.5, 0.6) is 0 Å². The molecule has 0 aromatic heterocycles. The third-order valence-corrected chi connectivity index (χ3v) is 5.69. The Labute approximate surface area is 201 Å². The van der Waals surface area contributed by atoms with Crippen LogP contribution in [-0.2, 0) is 14.9 Å². The van der Waals surface area contributed by atoms with Crippen molar-refractivity contribution in [3.8, 4) is 0 Å². The third kappa shape index (κ3) is 30.4. The van der Waals surface area contributed by atoms with Crippen LogP contribution in [0.2, 0.25) is 0 Å². The molecular formula is C21H42NNaO5S. The quantitative estimate of drug-likeness (QED) is 0.150. The number of hydrogen-bond donors (Lipinski definition) is 2. The zero-order valence-corrected chi connectivity index (χ0v) is 21.7. The number of carboxylic acid groups (broad SMARTS) is 1. The molecular weight excluding hydrogens is 401 g/mol. The van der Waals surface area contributed by atoms with Gasteiger partial charge in [-0.2, -0.15) is 8.42 Å². The fraction of sp³-hybridized carbons (Fsp3) is 0.857. The molecule has 0 aromatic carbocycles. The summed E-state index contributed by atoms with van der Waals surface area (Å²) in [6.45, 7) is 3.56. The predicted octanol–water partition coefficient (Wildman–Crippen LogP) is 0.999. The Kier molecular flexibility index (Phi) is 28.3. The Morgan fingerprint density at radius 1 is 0.931 bits per heavy atom. The predicted molar refractivity (Wildman–Crippen MR) is 115 cm³/mol. The molecule has 0 rings (SSSR count). The van der Waals surface area contributed by atoms with Crippen LogP contribution in [0.15, 0.2) is 12.2 Å². The molecule has 6 nitrogen and oxygen atoms in total. The number of carboxylic acids is 1. The molecule has 29 heavy (non-hydrogen) atoms. The molecule has 0 aliphatic heterocycles. The van der Waals surface area contributed by atoms with Crippen LogP contribution in [0.4, 0.5) is 0 Å². The van der Waals surface area contributed by atoms with Gasteiger partial charge in [0.15, 0.2) is 0 Å². The van der Waals surface area contributed by atoms with E-state index in [0.717, 1.165) is 19.3 Å². The summed E-state index contributed by atoms with van der Waals surface area (Å²) in [6.07, 6.45) is 20.9. The largest absolute Gasteiger partial charge is 1.00 e. The number of carbonyl (C=O) groups excluding carboxylic acids is 1. The molecule has 0 aliphatic rings. The van der Waals surface area contributed by atoms with Gasteiger partial charge in [0.25, 0.3) is 10.1 Å². The van der Waals surface area contributed by atoms with Crippen molar-refractivity contribution in [2.45, 2.75) is 109 Å². The maximum absolute atomic E-state index is 10.2. The molecule has 8 heteroatoms. The van der Waals surface area contributed by atoms with E-state index < -0.39 is 21.3 Å². The fourth-order valence-corrected chi connectivity index (χ4v) is 2.70. The molecule has 0 radical (unpaired) electrons. The van der Waals surface area contributed by atoms with Crippen LogP contribution in [0.25, 0.3) is 0 Å². The summed E-state index contributed by atoms with van der Waals surface area (Å²) in [5, 5.41) is 9.37. The summed E-state index contributed by atoms with van der Waals surface area (Å²) < 4.78 is 28.3. The molecule has 0 spiro atoms. The molecule has 0 amide bonds. The third-order valence-electron chi connectivity index (χ3n) is 4.48. The van der Waals surface area contributed by atoms with Gasteiger partial charge in [0.2, 0.25) is 0 Å². The molecule has 0 saturated heterocycles. The standard InChI is InChI=1S/C18H34O2.C3H9NO3S.Na/c1-2-3-4-5-6-7-8-9-10-11-12-13-14-15-16-17-18(19)20;1-3(2-4)8(5,6)7;/h9-10H,2-8,11-17H2,1H3,(H,19,20);3H,2,4H2,1H3,(H,5,6,7);/q;;+1/p-1. The van der Waals surface area contributed by atoms with Crippen molar-refractivity contribution < 1.29 is 52.4 Å². The van der Waals surface area contributed by atoms with Crippen molar-refractivity contribution in [1.29, 1.82) is 0 Å². The molecule has 168 valence electrons. The van der Waals surface area contributed by atoms with Crippen molar-refractivity contribution in [3.63, 3.8) is 0 Å². The Bertz CT molecular complexity index is 483. The van der Waals surface area contributed by atoms with E-state index in [4.69, 9.17) is 10.3 Å². The monoisotopic (exact) mass is 443 g/mol. The van der Waals surface area contributed by atoms with Crippen LogP contribution in [-0.4, -0.2) is 30.7 Å². The summed E-state index contributed by atoms with van der Waals surface area (Å²) in [6, 6.07) is 0. The van der Waals surface area contributed by atoms with Crippen molar-refractivity contribution in [2.75, 3.05) is 6.54 Å². The minimum Gasteiger partial charge on any atom is -0.550 e. The maximum Gasteiger partial charge on any atom is 1.00 e. The molecule has 0 bridgehead atoms. The van der Waals surface area contributed by atoms with Crippen molar-refractivity contribution in [1.82, 2.24) is 0 Å². The molecule has 0 saturated carbocycles. The smallest absolute Gasteiger partial charge is 0.550 e. The van der Waals surface area contributed by atoms with E-state index in [0.29, 0.717) is 0 Å². The molecule has 0 aromatic rings. The summed E-state index contributed by atoms with van der Waals surface area (Å²) in [7, 11) is -3.88. The van der Waals surface area contributed by atoms with Gasteiger partial charge in [0, 0.05) is 12.5 Å². The first-order chi connectivity index (χ1) is 13.3. The Morgan fingerprint density at radius 3 is 1.69 bits per heavy atom. The number of allylic oxidation sites excluding steroid dienone is 2. The second kappa shape index (κ2) is 24.4. The van der Waals surface area contributed by atoms with Gasteiger partial charge in [-0.05, 0) is 45.4 Å². The van der Waals surface area contributed by atoms with Gasteiger partial charge >= 0.3 is 29.6 Å². The van der Waals surface area contributed by atoms with Gasteiger partial charge in [-0.1, -0.05) is 70.4 Å². The van der Waals surface area contributed by atoms with Gasteiger partial charge < -0.3 is 15.6 Å². The van der Waals surface area contributed by atoms with Crippen LogP contribution >= 0.6 is 0 Å². The van der Waals surface area contributed by atoms with Gasteiger partial charge in [-0.3, -0.25) is 4.55 Å². The van der Waals surface area contributed by atoms with E-state index in [9.17, 15) is 18.3 Å². The van der Waals surface area contributed by atoms with Gasteiger partial charge in [-0.15, -0.1) is 0 Å². The average Bonchev–Trinajstić information content (AvgIpc) is 2.63. The fourth-order valence-electron chi connectivity index (χ4n) is 2.46. The van der Waals surface area contributed by atoms with Gasteiger partial charge in [-0.25, -0.2) is 0 Å². The second-order valence-electron chi connectivity index (χ2n) is 7.27. The van der Waals surface area contributed by atoms with Gasteiger partial charge in [0.1, 0.15) is 0 Å². The molecule has 0 aliphatic carbocycles. The van der Waals surface area contributed by atoms with E-state index in [2.05, 4.69) is 19.1 Å². The minimum atomic E-state index is -3.88. The number of hydrogen-bond acceptors (Lipinski definition) is 5. The normalized spacial score (nSPS) is 12.1. The zero-order valence-electron chi connectivity index (χ0n) is 18.9. The summed E-state index contributed by atoms with van der Waals surface area (Å²) in [5.74, 6) is -0.914. The first-order valence-electron chi connectivity index (χ1n) is 10.8. The number of carbonyl (C=O) groups is 1. The molecule has 1 unspecified atom stereocenters. The number of aliphatic carboxylic acids is 1. The number of nitrogens with two attached hydrogens (primary N) is 1. The van der Waals surface area contributed by atoms with Crippen molar-refractivity contribution in [3.05, 3.63) is 12.2 Å². The number of rotatable bonds is 17. The number of unbranched alkanes of at least 4 members (excludes halogenated alkanes) is 11. The Morgan fingerprint density at radius 2 is 1.34 bits per heavy atom. The molecule has 3 N–H and O–H groups in total. The van der Waals surface area contributed by atoms with E-state index in [1.807, 2.05) is 0 Å². The van der Waals surface area contributed by atoms with Crippen molar-refractivity contribution in [2.24, 2.45) is 5.73 Å². The van der Waals surface area contributed by atoms with E-state index in [1.165, 1.54) is 71.1 Å². The maximum atomic E-state index is 10.2. The molecule has 0 heterocycles. The van der Waals surface area contributed by atoms with Crippen LogP contribution in [0.1, 0.15) is 104 Å². The Balaban J connectivity index is -0.000000636. The zero-order chi connectivity index (χ0) is 21.7. The summed E-state index contributed by atoms with van der Waals surface area (Å²) in [5.41, 5.74) is 4.92. The van der Waals surface area contributed by atoms with E-state index in [1.54, 1.807) is 0 Å². The Hall–Kier alpha value is 0.0800.